The van der Waals surface area contributed by atoms with Crippen LogP contribution in [0.1, 0.15) is 26.7 Å². The summed E-state index contributed by atoms with van der Waals surface area (Å²) in [5.41, 5.74) is 0. The molecule has 0 spiro atoms. The molecule has 0 bridgehead atoms. The number of hydrogen-bond acceptors (Lipinski definition) is 3. The Morgan fingerprint density at radius 3 is 2.14 bits per heavy atom. The molecule has 0 radical (unpaired) electrons. The van der Waals surface area contributed by atoms with Gasteiger partial charge in [-0.25, -0.2) is 0 Å². The number of aliphatic carboxylic acids is 1. The SMILES string of the molecule is CC.CNCCNC(=O)CCC(=O)O. The Hall–Kier alpha value is -1.10. The molecule has 5 nitrogen and oxygen atoms in total. The van der Waals surface area contributed by atoms with Gasteiger partial charge in [-0.2, -0.15) is 0 Å². The molecule has 3 N–H and O–H groups in total. The largest absolute Gasteiger partial charge is 0.481 e. The van der Waals surface area contributed by atoms with E-state index >= 15 is 0 Å². The number of likely N-dealkylation sites (N-methyl/N-ethyl adjacent to an activating group) is 1. The smallest absolute Gasteiger partial charge is 0.303 e. The quantitative estimate of drug-likeness (QED) is 0.540. The molecule has 0 saturated heterocycles. The Labute approximate surface area is 84.9 Å². The van der Waals surface area contributed by atoms with E-state index in [9.17, 15) is 9.59 Å². The van der Waals surface area contributed by atoms with E-state index in [0.717, 1.165) is 0 Å². The number of rotatable bonds is 6. The van der Waals surface area contributed by atoms with Crippen molar-refractivity contribution in [2.45, 2.75) is 26.7 Å². The molecule has 0 rings (SSSR count). The van der Waals surface area contributed by atoms with Gasteiger partial charge in [0.1, 0.15) is 0 Å². The summed E-state index contributed by atoms with van der Waals surface area (Å²) >= 11 is 0. The highest BCUT2D eigenvalue weighted by atomic mass is 16.4. The van der Waals surface area contributed by atoms with E-state index in [0.29, 0.717) is 13.1 Å². The number of carbonyl (C=O) groups excluding carboxylic acids is 1. The van der Waals surface area contributed by atoms with Crippen LogP contribution in [0.3, 0.4) is 0 Å². The van der Waals surface area contributed by atoms with Crippen LogP contribution in [-0.4, -0.2) is 37.1 Å². The summed E-state index contributed by atoms with van der Waals surface area (Å²) in [6, 6.07) is 0. The molecule has 0 aliphatic heterocycles. The molecule has 0 fully saturated rings. The molecule has 0 unspecified atom stereocenters. The van der Waals surface area contributed by atoms with Gasteiger partial charge in [0.05, 0.1) is 6.42 Å². The minimum absolute atomic E-state index is 0.0546. The van der Waals surface area contributed by atoms with E-state index in [1.807, 2.05) is 13.8 Å². The number of nitrogens with one attached hydrogen (secondary N) is 2. The highest BCUT2D eigenvalue weighted by molar-refractivity contribution is 5.80. The number of hydrogen-bond donors (Lipinski definition) is 3. The van der Waals surface area contributed by atoms with Crippen molar-refractivity contribution in [3.63, 3.8) is 0 Å². The highest BCUT2D eigenvalue weighted by Gasteiger charge is 2.03. The van der Waals surface area contributed by atoms with Crippen LogP contribution in [0.5, 0.6) is 0 Å². The standard InChI is InChI=1S/C7H14N2O3.C2H6/c1-8-4-5-9-6(10)2-3-7(11)12;1-2/h8H,2-5H2,1H3,(H,9,10)(H,11,12);1-2H3. The fourth-order valence-corrected chi connectivity index (χ4v) is 0.636. The maximum absolute atomic E-state index is 10.8. The van der Waals surface area contributed by atoms with Crippen LogP contribution < -0.4 is 10.6 Å². The number of amides is 1. The minimum atomic E-state index is -0.946. The van der Waals surface area contributed by atoms with E-state index in [1.165, 1.54) is 0 Å². The third kappa shape index (κ3) is 13.5. The zero-order chi connectivity index (χ0) is 11.4. The van der Waals surface area contributed by atoms with Crippen LogP contribution in [0.4, 0.5) is 0 Å². The normalized spacial score (nSPS) is 8.50. The first-order valence-electron chi connectivity index (χ1n) is 4.80. The Kier molecular flexibility index (Phi) is 13.1. The third-order valence-electron chi connectivity index (χ3n) is 1.26. The molecule has 5 heteroatoms. The van der Waals surface area contributed by atoms with Gasteiger partial charge in [0.15, 0.2) is 0 Å². The molecule has 0 aromatic carbocycles. The molecule has 0 aliphatic rings. The zero-order valence-corrected chi connectivity index (χ0v) is 9.09. The van der Waals surface area contributed by atoms with Crippen LogP contribution in [0.25, 0.3) is 0 Å². The van der Waals surface area contributed by atoms with Crippen molar-refractivity contribution < 1.29 is 14.7 Å². The van der Waals surface area contributed by atoms with Crippen molar-refractivity contribution in [1.82, 2.24) is 10.6 Å². The molecular formula is C9H20N2O3. The molecular weight excluding hydrogens is 184 g/mol. The number of carboxylic acids is 1. The van der Waals surface area contributed by atoms with E-state index in [1.54, 1.807) is 7.05 Å². The Bertz CT molecular complexity index is 160. The summed E-state index contributed by atoms with van der Waals surface area (Å²) in [6.45, 7) is 5.23. The molecule has 84 valence electrons. The van der Waals surface area contributed by atoms with Gasteiger partial charge in [-0.15, -0.1) is 0 Å². The second kappa shape index (κ2) is 11.9. The Balaban J connectivity index is 0. The third-order valence-corrected chi connectivity index (χ3v) is 1.26. The Morgan fingerprint density at radius 2 is 1.71 bits per heavy atom. The van der Waals surface area contributed by atoms with E-state index in [-0.39, 0.29) is 18.7 Å². The lowest BCUT2D eigenvalue weighted by molar-refractivity contribution is -0.138. The van der Waals surface area contributed by atoms with E-state index in [4.69, 9.17) is 5.11 Å². The summed E-state index contributed by atoms with van der Waals surface area (Å²) in [7, 11) is 1.78. The van der Waals surface area contributed by atoms with Gasteiger partial charge >= 0.3 is 5.97 Å². The second-order valence-electron chi connectivity index (χ2n) is 2.35. The maximum atomic E-state index is 10.8. The monoisotopic (exact) mass is 204 g/mol. The van der Waals surface area contributed by atoms with Gasteiger partial charge in [-0.05, 0) is 7.05 Å². The van der Waals surface area contributed by atoms with E-state index in [2.05, 4.69) is 10.6 Å². The molecule has 14 heavy (non-hydrogen) atoms. The minimum Gasteiger partial charge on any atom is -0.481 e. The first-order valence-corrected chi connectivity index (χ1v) is 4.80. The van der Waals surface area contributed by atoms with Crippen molar-refractivity contribution in [2.75, 3.05) is 20.1 Å². The highest BCUT2D eigenvalue weighted by Crippen LogP contribution is 1.87. The summed E-state index contributed by atoms with van der Waals surface area (Å²) in [5, 5.41) is 13.7. The lowest BCUT2D eigenvalue weighted by atomic mass is 10.3. The second-order valence-corrected chi connectivity index (χ2v) is 2.35. The average molecular weight is 204 g/mol. The summed E-state index contributed by atoms with van der Waals surface area (Å²) in [5.74, 6) is -1.16. The van der Waals surface area contributed by atoms with Crippen molar-refractivity contribution in [2.24, 2.45) is 0 Å². The summed E-state index contributed by atoms with van der Waals surface area (Å²) in [4.78, 5) is 20.9. The van der Waals surface area contributed by atoms with Crippen LogP contribution >= 0.6 is 0 Å². The van der Waals surface area contributed by atoms with Crippen LogP contribution in [0.2, 0.25) is 0 Å². The van der Waals surface area contributed by atoms with Crippen molar-refractivity contribution in [3.8, 4) is 0 Å². The summed E-state index contributed by atoms with van der Waals surface area (Å²) < 4.78 is 0. The Morgan fingerprint density at radius 1 is 1.14 bits per heavy atom. The van der Waals surface area contributed by atoms with Gasteiger partial charge in [0.2, 0.25) is 5.91 Å². The number of carboxylic acid groups (broad SMARTS) is 1. The predicted molar refractivity (Wildman–Crippen MR) is 55.2 cm³/mol. The van der Waals surface area contributed by atoms with Gasteiger partial charge in [-0.1, -0.05) is 13.8 Å². The summed E-state index contributed by atoms with van der Waals surface area (Å²) in [6.07, 6.45) is -0.0512. The molecule has 1 amide bonds. The first-order chi connectivity index (χ1) is 6.66. The predicted octanol–water partition coefficient (Wildman–Crippen LogP) is 0.213. The van der Waals surface area contributed by atoms with E-state index < -0.39 is 5.97 Å². The van der Waals surface area contributed by atoms with Gasteiger partial charge in [0, 0.05) is 19.5 Å². The zero-order valence-electron chi connectivity index (χ0n) is 9.09. The molecule has 0 aromatic heterocycles. The van der Waals surface area contributed by atoms with Crippen molar-refractivity contribution in [3.05, 3.63) is 0 Å². The fraction of sp³-hybridized carbons (Fsp3) is 0.778. The number of carbonyl (C=O) groups is 2. The van der Waals surface area contributed by atoms with Gasteiger partial charge in [0.25, 0.3) is 0 Å². The van der Waals surface area contributed by atoms with Crippen LogP contribution in [0.15, 0.2) is 0 Å². The van der Waals surface area contributed by atoms with Crippen molar-refractivity contribution in [1.29, 1.82) is 0 Å². The maximum Gasteiger partial charge on any atom is 0.303 e. The lowest BCUT2D eigenvalue weighted by Crippen LogP contribution is -2.30. The van der Waals surface area contributed by atoms with Crippen LogP contribution in [-0.2, 0) is 9.59 Å². The molecule has 0 aromatic rings. The fourth-order valence-electron chi connectivity index (χ4n) is 0.636. The average Bonchev–Trinajstić information content (AvgIpc) is 2.18. The van der Waals surface area contributed by atoms with Gasteiger partial charge in [-0.3, -0.25) is 9.59 Å². The molecule has 0 heterocycles. The molecule has 0 saturated carbocycles. The first kappa shape index (κ1) is 15.4. The lowest BCUT2D eigenvalue weighted by Gasteiger charge is -2.02. The van der Waals surface area contributed by atoms with Crippen LogP contribution in [0, 0.1) is 0 Å². The molecule has 0 atom stereocenters. The topological polar surface area (TPSA) is 78.4 Å². The molecule has 0 aliphatic carbocycles. The van der Waals surface area contributed by atoms with Crippen molar-refractivity contribution >= 4 is 11.9 Å². The van der Waals surface area contributed by atoms with Gasteiger partial charge < -0.3 is 15.7 Å².